The second-order valence-electron chi connectivity index (χ2n) is 4.49. The zero-order valence-electron chi connectivity index (χ0n) is 11.2. The van der Waals surface area contributed by atoms with Gasteiger partial charge in [0.1, 0.15) is 0 Å². The van der Waals surface area contributed by atoms with E-state index < -0.39 is 0 Å². The molecule has 4 heteroatoms. The van der Waals surface area contributed by atoms with Crippen molar-refractivity contribution >= 4 is 34.4 Å². The van der Waals surface area contributed by atoms with E-state index in [-0.39, 0.29) is 0 Å². The Labute approximate surface area is 127 Å². The van der Waals surface area contributed by atoms with E-state index in [4.69, 9.17) is 16.6 Å². The molecule has 0 amide bonds. The average Bonchev–Trinajstić information content (AvgIpc) is 2.80. The zero-order valence-corrected chi connectivity index (χ0v) is 12.8. The molecular weight excluding hydrogens is 288 g/mol. The Morgan fingerprint density at radius 1 is 1.10 bits per heavy atom. The fourth-order valence-corrected chi connectivity index (χ4v) is 3.18. The first-order valence-corrected chi connectivity index (χ1v) is 7.97. The standard InChI is InChI=1S/C16H15ClN2S/c1-2-20-16-18-14-9-5-6-10-15(14)19(16)11-12-7-3-4-8-13(12)17/h3-10H,2,11H2,1H3. The van der Waals surface area contributed by atoms with Crippen LogP contribution < -0.4 is 0 Å². The molecule has 3 rings (SSSR count). The van der Waals surface area contributed by atoms with Gasteiger partial charge in [-0.25, -0.2) is 4.98 Å². The molecule has 2 aromatic carbocycles. The molecule has 1 heterocycles. The summed E-state index contributed by atoms with van der Waals surface area (Å²) >= 11 is 8.04. The molecule has 20 heavy (non-hydrogen) atoms. The van der Waals surface area contributed by atoms with Crippen LogP contribution in [0.25, 0.3) is 11.0 Å². The van der Waals surface area contributed by atoms with Crippen LogP contribution in [0, 0.1) is 0 Å². The van der Waals surface area contributed by atoms with Gasteiger partial charge < -0.3 is 4.57 Å². The van der Waals surface area contributed by atoms with Gasteiger partial charge in [0.15, 0.2) is 5.16 Å². The first-order valence-electron chi connectivity index (χ1n) is 6.61. The molecule has 0 aliphatic heterocycles. The number of hydrogen-bond acceptors (Lipinski definition) is 2. The van der Waals surface area contributed by atoms with Crippen molar-refractivity contribution in [2.75, 3.05) is 5.75 Å². The molecule has 0 bridgehead atoms. The van der Waals surface area contributed by atoms with Crippen LogP contribution in [0.5, 0.6) is 0 Å². The molecule has 0 aliphatic rings. The Morgan fingerprint density at radius 3 is 2.65 bits per heavy atom. The van der Waals surface area contributed by atoms with Gasteiger partial charge in [-0.15, -0.1) is 0 Å². The van der Waals surface area contributed by atoms with E-state index in [0.29, 0.717) is 0 Å². The Bertz CT molecular complexity index is 736. The Kier molecular flexibility index (Phi) is 3.99. The molecule has 0 saturated heterocycles. The molecule has 0 radical (unpaired) electrons. The van der Waals surface area contributed by atoms with Crippen molar-refractivity contribution < 1.29 is 0 Å². The van der Waals surface area contributed by atoms with E-state index in [0.717, 1.165) is 39.1 Å². The minimum atomic E-state index is 0.752. The molecule has 0 fully saturated rings. The van der Waals surface area contributed by atoms with Gasteiger partial charge in [0.2, 0.25) is 0 Å². The van der Waals surface area contributed by atoms with Crippen molar-refractivity contribution in [3.8, 4) is 0 Å². The maximum atomic E-state index is 6.28. The van der Waals surface area contributed by atoms with Crippen LogP contribution in [0.1, 0.15) is 12.5 Å². The van der Waals surface area contributed by atoms with Gasteiger partial charge in [-0.2, -0.15) is 0 Å². The lowest BCUT2D eigenvalue weighted by molar-refractivity contribution is 0.731. The molecule has 2 nitrogen and oxygen atoms in total. The van der Waals surface area contributed by atoms with Crippen molar-refractivity contribution in [1.29, 1.82) is 0 Å². The SMILES string of the molecule is CCSc1nc2ccccc2n1Cc1ccccc1Cl. The molecule has 1 aromatic heterocycles. The van der Waals surface area contributed by atoms with Crippen LogP contribution >= 0.6 is 23.4 Å². The summed E-state index contributed by atoms with van der Waals surface area (Å²) in [5, 5.41) is 1.85. The van der Waals surface area contributed by atoms with Crippen LogP contribution in [0.4, 0.5) is 0 Å². The Hall–Kier alpha value is -1.45. The minimum absolute atomic E-state index is 0.752. The predicted molar refractivity (Wildman–Crippen MR) is 86.7 cm³/mol. The van der Waals surface area contributed by atoms with Gasteiger partial charge >= 0.3 is 0 Å². The third-order valence-corrected chi connectivity index (χ3v) is 4.41. The number of halogens is 1. The van der Waals surface area contributed by atoms with E-state index in [1.54, 1.807) is 11.8 Å². The molecule has 0 saturated carbocycles. The van der Waals surface area contributed by atoms with E-state index >= 15 is 0 Å². The second-order valence-corrected chi connectivity index (χ2v) is 6.13. The summed E-state index contributed by atoms with van der Waals surface area (Å²) in [6.45, 7) is 2.90. The molecule has 3 aromatic rings. The van der Waals surface area contributed by atoms with Crippen LogP contribution in [-0.4, -0.2) is 15.3 Å². The van der Waals surface area contributed by atoms with Crippen LogP contribution in [0.15, 0.2) is 53.7 Å². The molecule has 0 atom stereocenters. The Morgan fingerprint density at radius 2 is 1.85 bits per heavy atom. The summed E-state index contributed by atoms with van der Waals surface area (Å²) < 4.78 is 2.24. The maximum absolute atomic E-state index is 6.28. The second kappa shape index (κ2) is 5.90. The van der Waals surface area contributed by atoms with Crippen molar-refractivity contribution in [3.63, 3.8) is 0 Å². The average molecular weight is 303 g/mol. The first-order chi connectivity index (χ1) is 9.79. The van der Waals surface area contributed by atoms with E-state index in [2.05, 4.69) is 29.7 Å². The number of aromatic nitrogens is 2. The van der Waals surface area contributed by atoms with Crippen molar-refractivity contribution in [3.05, 3.63) is 59.1 Å². The quantitative estimate of drug-likeness (QED) is 0.641. The number of hydrogen-bond donors (Lipinski definition) is 0. The molecule has 102 valence electrons. The van der Waals surface area contributed by atoms with Crippen LogP contribution in [0.3, 0.4) is 0 Å². The fraction of sp³-hybridized carbons (Fsp3) is 0.188. The number of rotatable bonds is 4. The summed E-state index contributed by atoms with van der Waals surface area (Å²) in [7, 11) is 0. The van der Waals surface area contributed by atoms with E-state index in [1.165, 1.54) is 0 Å². The number of thioether (sulfide) groups is 1. The van der Waals surface area contributed by atoms with Gasteiger partial charge in [-0.3, -0.25) is 0 Å². The van der Waals surface area contributed by atoms with E-state index in [1.807, 2.05) is 30.3 Å². The van der Waals surface area contributed by atoms with Gasteiger partial charge in [0.25, 0.3) is 0 Å². The predicted octanol–water partition coefficient (Wildman–Crippen LogP) is 4.85. The summed E-state index contributed by atoms with van der Waals surface area (Å²) in [4.78, 5) is 4.71. The lowest BCUT2D eigenvalue weighted by Gasteiger charge is -2.09. The lowest BCUT2D eigenvalue weighted by atomic mass is 10.2. The van der Waals surface area contributed by atoms with Gasteiger partial charge in [-0.1, -0.05) is 60.6 Å². The highest BCUT2D eigenvalue weighted by Gasteiger charge is 2.11. The van der Waals surface area contributed by atoms with Gasteiger partial charge in [0.05, 0.1) is 17.6 Å². The first kappa shape index (κ1) is 13.5. The highest BCUT2D eigenvalue weighted by atomic mass is 35.5. The summed E-state index contributed by atoms with van der Waals surface area (Å²) in [6.07, 6.45) is 0. The third-order valence-electron chi connectivity index (χ3n) is 3.18. The number of fused-ring (bicyclic) bond motifs is 1. The third kappa shape index (κ3) is 2.56. The van der Waals surface area contributed by atoms with Crippen molar-refractivity contribution in [2.24, 2.45) is 0 Å². The smallest absolute Gasteiger partial charge is 0.169 e. The fourth-order valence-electron chi connectivity index (χ4n) is 2.24. The molecular formula is C16H15ClN2S. The molecule has 0 unspecified atom stereocenters. The van der Waals surface area contributed by atoms with Crippen LogP contribution in [-0.2, 0) is 6.54 Å². The maximum Gasteiger partial charge on any atom is 0.169 e. The molecule has 0 spiro atoms. The minimum Gasteiger partial charge on any atom is -0.314 e. The van der Waals surface area contributed by atoms with E-state index in [9.17, 15) is 0 Å². The topological polar surface area (TPSA) is 17.8 Å². The number of benzene rings is 2. The highest BCUT2D eigenvalue weighted by Crippen LogP contribution is 2.26. The Balaban J connectivity index is 2.09. The van der Waals surface area contributed by atoms with Gasteiger partial charge in [-0.05, 0) is 29.5 Å². The molecule has 0 N–H and O–H groups in total. The summed E-state index contributed by atoms with van der Waals surface area (Å²) in [5.74, 6) is 1.01. The normalized spacial score (nSPS) is 11.1. The largest absolute Gasteiger partial charge is 0.314 e. The van der Waals surface area contributed by atoms with Gasteiger partial charge in [0, 0.05) is 5.02 Å². The van der Waals surface area contributed by atoms with Crippen LogP contribution in [0.2, 0.25) is 5.02 Å². The molecule has 0 aliphatic carbocycles. The summed E-state index contributed by atoms with van der Waals surface area (Å²) in [5.41, 5.74) is 3.31. The number of nitrogens with zero attached hydrogens (tertiary/aromatic N) is 2. The van der Waals surface area contributed by atoms with Crippen molar-refractivity contribution in [2.45, 2.75) is 18.6 Å². The van der Waals surface area contributed by atoms with Crippen molar-refractivity contribution in [1.82, 2.24) is 9.55 Å². The zero-order chi connectivity index (χ0) is 13.9. The summed E-state index contributed by atoms with van der Waals surface area (Å²) in [6, 6.07) is 16.2. The monoisotopic (exact) mass is 302 g/mol. The number of para-hydroxylation sites is 2. The number of imidazole rings is 1. The lowest BCUT2D eigenvalue weighted by Crippen LogP contribution is -2.02. The highest BCUT2D eigenvalue weighted by molar-refractivity contribution is 7.99.